The first-order chi connectivity index (χ1) is 7.01. The van der Waals surface area contributed by atoms with Gasteiger partial charge in [0.1, 0.15) is 0 Å². The summed E-state index contributed by atoms with van der Waals surface area (Å²) in [6.07, 6.45) is 1.01. The van der Waals surface area contributed by atoms with Crippen LogP contribution in [0, 0.1) is 17.2 Å². The molecule has 15 heavy (non-hydrogen) atoms. The summed E-state index contributed by atoms with van der Waals surface area (Å²) in [6, 6.07) is 2.47. The molecule has 0 aromatic carbocycles. The molecule has 0 bridgehead atoms. The van der Waals surface area contributed by atoms with Crippen LogP contribution in [0.3, 0.4) is 0 Å². The smallest absolute Gasteiger partial charge is 0.236 e. The zero-order valence-electron chi connectivity index (χ0n) is 10.1. The number of rotatable bonds is 6. The van der Waals surface area contributed by atoms with Gasteiger partial charge in [-0.3, -0.25) is 4.79 Å². The number of nitrogens with zero attached hydrogens (tertiary/aromatic N) is 2. The van der Waals surface area contributed by atoms with Gasteiger partial charge in [0.05, 0.1) is 18.5 Å². The minimum atomic E-state index is -0.109. The van der Waals surface area contributed by atoms with Gasteiger partial charge in [-0.15, -0.1) is 0 Å². The van der Waals surface area contributed by atoms with Crippen molar-refractivity contribution in [3.63, 3.8) is 0 Å². The summed E-state index contributed by atoms with van der Waals surface area (Å²) < 4.78 is 0. The van der Waals surface area contributed by atoms with Crippen LogP contribution in [0.15, 0.2) is 0 Å². The highest BCUT2D eigenvalue weighted by atomic mass is 16.2. The van der Waals surface area contributed by atoms with Gasteiger partial charge in [0.15, 0.2) is 0 Å². The largest absolute Gasteiger partial charge is 0.343 e. The lowest BCUT2D eigenvalue weighted by Crippen LogP contribution is -2.40. The Labute approximate surface area is 92.3 Å². The Morgan fingerprint density at radius 2 is 2.13 bits per heavy atom. The van der Waals surface area contributed by atoms with Gasteiger partial charge in [0.25, 0.3) is 0 Å². The molecule has 0 saturated heterocycles. The molecule has 86 valence electrons. The van der Waals surface area contributed by atoms with Crippen LogP contribution in [0.5, 0.6) is 0 Å². The molecular weight excluding hydrogens is 190 g/mol. The summed E-state index contributed by atoms with van der Waals surface area (Å²) in [5, 5.41) is 11.7. The third-order valence-electron chi connectivity index (χ3n) is 2.41. The van der Waals surface area contributed by atoms with Crippen molar-refractivity contribution in [2.24, 2.45) is 5.92 Å². The fraction of sp³-hybridized carbons (Fsp3) is 0.818. The normalized spacial score (nSPS) is 14.1. The van der Waals surface area contributed by atoms with Crippen molar-refractivity contribution in [3.05, 3.63) is 0 Å². The number of carbonyl (C=O) groups is 1. The van der Waals surface area contributed by atoms with E-state index < -0.39 is 0 Å². The zero-order chi connectivity index (χ0) is 11.8. The molecule has 0 aromatic rings. The van der Waals surface area contributed by atoms with Gasteiger partial charge in [-0.2, -0.15) is 5.26 Å². The predicted molar refractivity (Wildman–Crippen MR) is 60.2 cm³/mol. The summed E-state index contributed by atoms with van der Waals surface area (Å²) in [4.78, 5) is 13.2. The van der Waals surface area contributed by atoms with Crippen LogP contribution in [0.4, 0.5) is 0 Å². The molecule has 0 aliphatic carbocycles. The van der Waals surface area contributed by atoms with Crippen LogP contribution < -0.4 is 5.32 Å². The summed E-state index contributed by atoms with van der Waals surface area (Å²) in [7, 11) is 1.73. The van der Waals surface area contributed by atoms with Crippen molar-refractivity contribution in [3.8, 4) is 6.07 Å². The van der Waals surface area contributed by atoms with Crippen LogP contribution >= 0.6 is 0 Å². The van der Waals surface area contributed by atoms with Gasteiger partial charge in [-0.25, -0.2) is 0 Å². The van der Waals surface area contributed by atoms with Gasteiger partial charge < -0.3 is 10.2 Å². The molecule has 0 radical (unpaired) electrons. The van der Waals surface area contributed by atoms with Crippen LogP contribution in [0.25, 0.3) is 0 Å². The molecule has 0 aliphatic rings. The summed E-state index contributed by atoms with van der Waals surface area (Å²) >= 11 is 0. The van der Waals surface area contributed by atoms with E-state index in [1.807, 2.05) is 13.8 Å². The van der Waals surface area contributed by atoms with Gasteiger partial charge >= 0.3 is 0 Å². The Bertz CT molecular complexity index is 234. The van der Waals surface area contributed by atoms with Crippen molar-refractivity contribution in [1.29, 1.82) is 5.26 Å². The predicted octanol–water partition coefficient (Wildman–Crippen LogP) is 0.993. The Kier molecular flexibility index (Phi) is 6.72. The molecule has 2 unspecified atom stereocenters. The number of likely N-dealkylation sites (N-methyl/N-ethyl adjacent to an activating group) is 1. The molecule has 1 amide bonds. The standard InChI is InChI=1S/C11H21N3O/c1-5-10(3)13-7-11(15)14(4)8-9(2)6-12/h9-10,13H,5,7-8H2,1-4H3. The average molecular weight is 211 g/mol. The number of hydrogen-bond donors (Lipinski definition) is 1. The Morgan fingerprint density at radius 3 is 2.60 bits per heavy atom. The summed E-state index contributed by atoms with van der Waals surface area (Å²) in [5.74, 6) is -0.0695. The molecule has 0 aliphatic heterocycles. The van der Waals surface area contributed by atoms with E-state index in [9.17, 15) is 4.79 Å². The van der Waals surface area contributed by atoms with E-state index in [4.69, 9.17) is 5.26 Å². The summed E-state index contributed by atoms with van der Waals surface area (Å²) in [5.41, 5.74) is 0. The molecule has 0 fully saturated rings. The third kappa shape index (κ3) is 6.08. The first-order valence-corrected chi connectivity index (χ1v) is 5.38. The first-order valence-electron chi connectivity index (χ1n) is 5.38. The fourth-order valence-corrected chi connectivity index (χ4v) is 1.09. The Morgan fingerprint density at radius 1 is 1.53 bits per heavy atom. The number of hydrogen-bond acceptors (Lipinski definition) is 3. The van der Waals surface area contributed by atoms with Crippen LogP contribution in [-0.4, -0.2) is 37.0 Å². The number of carbonyl (C=O) groups excluding carboxylic acids is 1. The summed E-state index contributed by atoms with van der Waals surface area (Å²) in [6.45, 7) is 6.78. The number of nitrogens with one attached hydrogen (secondary N) is 1. The second kappa shape index (κ2) is 7.24. The van der Waals surface area contributed by atoms with E-state index in [2.05, 4.69) is 18.3 Å². The molecule has 0 heterocycles. The second-order valence-electron chi connectivity index (χ2n) is 3.99. The maximum absolute atomic E-state index is 11.6. The van der Waals surface area contributed by atoms with E-state index in [1.54, 1.807) is 11.9 Å². The van der Waals surface area contributed by atoms with Crippen molar-refractivity contribution in [2.45, 2.75) is 33.2 Å². The van der Waals surface area contributed by atoms with Gasteiger partial charge in [-0.1, -0.05) is 6.92 Å². The lowest BCUT2D eigenvalue weighted by Gasteiger charge is -2.19. The number of nitriles is 1. The second-order valence-corrected chi connectivity index (χ2v) is 3.99. The van der Waals surface area contributed by atoms with E-state index in [0.29, 0.717) is 19.1 Å². The Balaban J connectivity index is 3.85. The molecule has 2 atom stereocenters. The molecule has 0 rings (SSSR count). The molecule has 0 aromatic heterocycles. The molecule has 1 N–H and O–H groups in total. The molecule has 4 nitrogen and oxygen atoms in total. The average Bonchev–Trinajstić information content (AvgIpc) is 2.24. The lowest BCUT2D eigenvalue weighted by atomic mass is 10.2. The molecule has 4 heteroatoms. The molecule has 0 spiro atoms. The quantitative estimate of drug-likeness (QED) is 0.713. The highest BCUT2D eigenvalue weighted by molar-refractivity contribution is 5.78. The topological polar surface area (TPSA) is 56.1 Å². The van der Waals surface area contributed by atoms with Crippen LogP contribution in [-0.2, 0) is 4.79 Å². The van der Waals surface area contributed by atoms with Crippen LogP contribution in [0.2, 0.25) is 0 Å². The highest BCUT2D eigenvalue weighted by Gasteiger charge is 2.12. The van der Waals surface area contributed by atoms with E-state index in [0.717, 1.165) is 6.42 Å². The molecular formula is C11H21N3O. The van der Waals surface area contributed by atoms with Crippen molar-refractivity contribution in [1.82, 2.24) is 10.2 Å². The number of amides is 1. The highest BCUT2D eigenvalue weighted by Crippen LogP contribution is 1.96. The van der Waals surface area contributed by atoms with Crippen molar-refractivity contribution >= 4 is 5.91 Å². The van der Waals surface area contributed by atoms with Crippen molar-refractivity contribution in [2.75, 3.05) is 20.1 Å². The minimum absolute atomic E-state index is 0.0393. The third-order valence-corrected chi connectivity index (χ3v) is 2.41. The van der Waals surface area contributed by atoms with E-state index in [1.165, 1.54) is 0 Å². The first kappa shape index (κ1) is 13.9. The van der Waals surface area contributed by atoms with E-state index in [-0.39, 0.29) is 11.8 Å². The van der Waals surface area contributed by atoms with Crippen LogP contribution in [0.1, 0.15) is 27.2 Å². The maximum atomic E-state index is 11.6. The minimum Gasteiger partial charge on any atom is -0.343 e. The zero-order valence-corrected chi connectivity index (χ0v) is 10.1. The Hall–Kier alpha value is -1.08. The maximum Gasteiger partial charge on any atom is 0.236 e. The van der Waals surface area contributed by atoms with E-state index >= 15 is 0 Å². The lowest BCUT2D eigenvalue weighted by molar-refractivity contribution is -0.129. The monoisotopic (exact) mass is 211 g/mol. The SMILES string of the molecule is CCC(C)NCC(=O)N(C)CC(C)C#N. The van der Waals surface area contributed by atoms with Gasteiger partial charge in [0.2, 0.25) is 5.91 Å². The van der Waals surface area contributed by atoms with Gasteiger partial charge in [-0.05, 0) is 20.3 Å². The molecule has 0 saturated carbocycles. The van der Waals surface area contributed by atoms with Gasteiger partial charge in [0, 0.05) is 19.6 Å². The fourth-order valence-electron chi connectivity index (χ4n) is 1.09. The van der Waals surface area contributed by atoms with Crippen molar-refractivity contribution < 1.29 is 4.79 Å².